The van der Waals surface area contributed by atoms with E-state index in [1.807, 2.05) is 0 Å². The van der Waals surface area contributed by atoms with Crippen molar-refractivity contribution in [2.24, 2.45) is 0 Å². The van der Waals surface area contributed by atoms with Gasteiger partial charge in [0.15, 0.2) is 0 Å². The van der Waals surface area contributed by atoms with Crippen molar-refractivity contribution in [3.8, 4) is 5.75 Å². The second-order valence-electron chi connectivity index (χ2n) is 7.41. The molecule has 168 valence electrons. The highest BCUT2D eigenvalue weighted by atomic mass is 32.2. The summed E-state index contributed by atoms with van der Waals surface area (Å²) in [4.78, 5) is 12.4. The number of benzene rings is 2. The van der Waals surface area contributed by atoms with Crippen molar-refractivity contribution in [1.82, 2.24) is 9.62 Å². The standard InChI is InChI=1S/C22H26F2N2O4S/c23-22(24)30-19-8-4-17(5-9-19)12-13-25-21(27)16-18-6-10-20(11-7-18)31(28,29)26-14-2-1-3-15-26/h4-11,22H,1-3,12-16H2,(H,25,27). The average molecular weight is 453 g/mol. The van der Waals surface area contributed by atoms with Crippen LogP contribution in [-0.2, 0) is 27.7 Å². The van der Waals surface area contributed by atoms with E-state index in [9.17, 15) is 22.0 Å². The maximum absolute atomic E-state index is 12.7. The number of ether oxygens (including phenoxy) is 1. The number of sulfonamides is 1. The predicted octanol–water partition coefficient (Wildman–Crippen LogP) is 3.36. The fraction of sp³-hybridized carbons (Fsp3) is 0.409. The number of hydrogen-bond acceptors (Lipinski definition) is 4. The summed E-state index contributed by atoms with van der Waals surface area (Å²) in [6.07, 6.45) is 3.51. The molecule has 1 saturated heterocycles. The molecule has 6 nitrogen and oxygen atoms in total. The van der Waals surface area contributed by atoms with Crippen LogP contribution in [0.5, 0.6) is 5.75 Å². The van der Waals surface area contributed by atoms with Gasteiger partial charge in [0.1, 0.15) is 5.75 Å². The van der Waals surface area contributed by atoms with E-state index in [0.29, 0.717) is 26.1 Å². The number of carbonyl (C=O) groups excluding carboxylic acids is 1. The summed E-state index contributed by atoms with van der Waals surface area (Å²) < 4.78 is 55.5. The SMILES string of the molecule is O=C(Cc1ccc(S(=O)(=O)N2CCCCC2)cc1)NCCc1ccc(OC(F)F)cc1. The Morgan fingerprint density at radius 1 is 0.968 bits per heavy atom. The van der Waals surface area contributed by atoms with Gasteiger partial charge in [-0.1, -0.05) is 30.7 Å². The molecule has 0 unspecified atom stereocenters. The number of halogens is 2. The van der Waals surface area contributed by atoms with Crippen molar-refractivity contribution >= 4 is 15.9 Å². The van der Waals surface area contributed by atoms with Crippen LogP contribution in [0.1, 0.15) is 30.4 Å². The minimum Gasteiger partial charge on any atom is -0.435 e. The fourth-order valence-corrected chi connectivity index (χ4v) is 4.98. The normalized spacial score (nSPS) is 15.1. The fourth-order valence-electron chi connectivity index (χ4n) is 3.47. The molecule has 0 saturated carbocycles. The van der Waals surface area contributed by atoms with Gasteiger partial charge in [-0.05, 0) is 54.7 Å². The van der Waals surface area contributed by atoms with Gasteiger partial charge in [-0.3, -0.25) is 4.79 Å². The quantitative estimate of drug-likeness (QED) is 0.633. The molecular weight excluding hydrogens is 426 g/mol. The largest absolute Gasteiger partial charge is 0.435 e. The number of nitrogens with one attached hydrogen (secondary N) is 1. The highest BCUT2D eigenvalue weighted by molar-refractivity contribution is 7.89. The molecule has 0 aromatic heterocycles. The Kier molecular flexibility index (Phi) is 7.97. The first kappa shape index (κ1) is 23.1. The molecule has 0 atom stereocenters. The molecule has 1 amide bonds. The van der Waals surface area contributed by atoms with E-state index in [1.165, 1.54) is 16.4 Å². The summed E-state index contributed by atoms with van der Waals surface area (Å²) in [6, 6.07) is 12.7. The van der Waals surface area contributed by atoms with Crippen LogP contribution in [-0.4, -0.2) is 44.9 Å². The monoisotopic (exact) mass is 452 g/mol. The first-order valence-electron chi connectivity index (χ1n) is 10.2. The minimum atomic E-state index is -3.48. The summed E-state index contributed by atoms with van der Waals surface area (Å²) >= 11 is 0. The van der Waals surface area contributed by atoms with Crippen LogP contribution in [0.4, 0.5) is 8.78 Å². The molecule has 9 heteroatoms. The van der Waals surface area contributed by atoms with Crippen molar-refractivity contribution in [2.45, 2.75) is 43.6 Å². The summed E-state index contributed by atoms with van der Waals surface area (Å²) in [5.41, 5.74) is 1.61. The zero-order valence-electron chi connectivity index (χ0n) is 17.1. The predicted molar refractivity (Wildman–Crippen MR) is 113 cm³/mol. The van der Waals surface area contributed by atoms with Crippen LogP contribution in [0.3, 0.4) is 0 Å². The lowest BCUT2D eigenvalue weighted by molar-refractivity contribution is -0.120. The number of rotatable bonds is 9. The van der Waals surface area contributed by atoms with Crippen LogP contribution >= 0.6 is 0 Å². The summed E-state index contributed by atoms with van der Waals surface area (Å²) in [6.45, 7) is -1.36. The zero-order chi connectivity index (χ0) is 22.3. The maximum atomic E-state index is 12.7. The molecule has 1 aliphatic rings. The molecule has 2 aromatic rings. The van der Waals surface area contributed by atoms with Gasteiger partial charge >= 0.3 is 6.61 Å². The van der Waals surface area contributed by atoms with Gasteiger partial charge in [0.2, 0.25) is 15.9 Å². The molecule has 2 aromatic carbocycles. The molecule has 1 heterocycles. The smallest absolute Gasteiger partial charge is 0.387 e. The maximum Gasteiger partial charge on any atom is 0.387 e. The van der Waals surface area contributed by atoms with Gasteiger partial charge in [0, 0.05) is 19.6 Å². The zero-order valence-corrected chi connectivity index (χ0v) is 17.9. The molecule has 3 rings (SSSR count). The van der Waals surface area contributed by atoms with Gasteiger partial charge in [0.25, 0.3) is 0 Å². The van der Waals surface area contributed by atoms with Crippen LogP contribution < -0.4 is 10.1 Å². The lowest BCUT2D eigenvalue weighted by Crippen LogP contribution is -2.35. The number of alkyl halides is 2. The molecule has 0 spiro atoms. The molecular formula is C22H26F2N2O4S. The number of amides is 1. The molecule has 0 radical (unpaired) electrons. The lowest BCUT2D eigenvalue weighted by Gasteiger charge is -2.25. The van der Waals surface area contributed by atoms with Crippen molar-refractivity contribution in [3.05, 3.63) is 59.7 Å². The Bertz CT molecular complexity index is 958. The van der Waals surface area contributed by atoms with Crippen molar-refractivity contribution < 1.29 is 26.7 Å². The second kappa shape index (κ2) is 10.7. The molecule has 0 bridgehead atoms. The molecule has 0 aliphatic carbocycles. The van der Waals surface area contributed by atoms with Gasteiger partial charge in [-0.25, -0.2) is 8.42 Å². The Morgan fingerprint density at radius 3 is 2.19 bits per heavy atom. The van der Waals surface area contributed by atoms with Gasteiger partial charge in [-0.15, -0.1) is 0 Å². The van der Waals surface area contributed by atoms with Crippen molar-refractivity contribution in [1.29, 1.82) is 0 Å². The van der Waals surface area contributed by atoms with Crippen molar-refractivity contribution in [2.75, 3.05) is 19.6 Å². The van der Waals surface area contributed by atoms with E-state index in [0.717, 1.165) is 30.4 Å². The van der Waals surface area contributed by atoms with E-state index in [1.54, 1.807) is 36.4 Å². The van der Waals surface area contributed by atoms with Gasteiger partial charge < -0.3 is 10.1 Å². The van der Waals surface area contributed by atoms with Gasteiger partial charge in [-0.2, -0.15) is 13.1 Å². The number of hydrogen-bond donors (Lipinski definition) is 1. The van der Waals surface area contributed by atoms with E-state index < -0.39 is 16.6 Å². The molecule has 31 heavy (non-hydrogen) atoms. The topological polar surface area (TPSA) is 75.7 Å². The van der Waals surface area contributed by atoms with Gasteiger partial charge in [0.05, 0.1) is 11.3 Å². The Hall–Kier alpha value is -2.52. The Balaban J connectivity index is 1.46. The van der Waals surface area contributed by atoms with Crippen molar-refractivity contribution in [3.63, 3.8) is 0 Å². The highest BCUT2D eigenvalue weighted by Gasteiger charge is 2.25. The Morgan fingerprint density at radius 2 is 1.58 bits per heavy atom. The Labute approximate surface area is 181 Å². The molecule has 1 fully saturated rings. The highest BCUT2D eigenvalue weighted by Crippen LogP contribution is 2.21. The minimum absolute atomic E-state index is 0.0912. The second-order valence-corrected chi connectivity index (χ2v) is 9.35. The van der Waals surface area contributed by atoms with E-state index in [2.05, 4.69) is 10.1 Å². The third-order valence-electron chi connectivity index (χ3n) is 5.13. The van der Waals surface area contributed by atoms with E-state index in [4.69, 9.17) is 0 Å². The summed E-state index contributed by atoms with van der Waals surface area (Å²) in [5.74, 6) is -0.0853. The summed E-state index contributed by atoms with van der Waals surface area (Å²) in [7, 11) is -3.48. The number of carbonyl (C=O) groups is 1. The third kappa shape index (κ3) is 6.73. The third-order valence-corrected chi connectivity index (χ3v) is 7.04. The lowest BCUT2D eigenvalue weighted by atomic mass is 10.1. The first-order chi connectivity index (χ1) is 14.8. The molecule has 1 N–H and O–H groups in total. The first-order valence-corrected chi connectivity index (χ1v) is 11.7. The van der Waals surface area contributed by atoms with Crippen LogP contribution in [0, 0.1) is 0 Å². The number of nitrogens with zero attached hydrogens (tertiary/aromatic N) is 1. The number of piperidine rings is 1. The van der Waals surface area contributed by atoms with Crippen LogP contribution in [0.15, 0.2) is 53.4 Å². The van der Waals surface area contributed by atoms with Crippen LogP contribution in [0.25, 0.3) is 0 Å². The van der Waals surface area contributed by atoms with E-state index in [-0.39, 0.29) is 23.0 Å². The van der Waals surface area contributed by atoms with E-state index >= 15 is 0 Å². The average Bonchev–Trinajstić information content (AvgIpc) is 2.75. The van der Waals surface area contributed by atoms with Crippen LogP contribution in [0.2, 0.25) is 0 Å². The summed E-state index contributed by atoms with van der Waals surface area (Å²) in [5, 5.41) is 2.81. The molecule has 1 aliphatic heterocycles.